The van der Waals surface area contributed by atoms with Crippen LogP contribution in [0.2, 0.25) is 0 Å². The van der Waals surface area contributed by atoms with Crippen molar-refractivity contribution in [2.75, 3.05) is 0 Å². The van der Waals surface area contributed by atoms with Crippen LogP contribution in [0.25, 0.3) is 0 Å². The van der Waals surface area contributed by atoms with Crippen molar-refractivity contribution < 1.29 is 5.11 Å². The lowest BCUT2D eigenvalue weighted by Crippen LogP contribution is -2.21. The standard InChI is InChI=1S/C15H20N2OS/c1-10(14-6-4-5-13(7-14)9-18)17-11(2)15-8-16-12(3)19-15/h4-8,10-11,17-18H,9H2,1-3H3. The summed E-state index contributed by atoms with van der Waals surface area (Å²) in [6, 6.07) is 8.57. The zero-order valence-corrected chi connectivity index (χ0v) is 12.4. The molecule has 0 aliphatic heterocycles. The number of nitrogens with one attached hydrogen (secondary N) is 1. The largest absolute Gasteiger partial charge is 0.392 e. The number of thiazole rings is 1. The summed E-state index contributed by atoms with van der Waals surface area (Å²) in [5.74, 6) is 0. The highest BCUT2D eigenvalue weighted by atomic mass is 32.1. The van der Waals surface area contributed by atoms with Gasteiger partial charge in [0.15, 0.2) is 0 Å². The molecule has 0 aliphatic rings. The molecule has 0 fully saturated rings. The van der Waals surface area contributed by atoms with Crippen molar-refractivity contribution in [1.82, 2.24) is 10.3 Å². The lowest BCUT2D eigenvalue weighted by Gasteiger charge is -2.19. The van der Waals surface area contributed by atoms with E-state index in [1.807, 2.05) is 31.3 Å². The predicted molar refractivity (Wildman–Crippen MR) is 79.2 cm³/mol. The van der Waals surface area contributed by atoms with Gasteiger partial charge in [0, 0.05) is 23.2 Å². The molecule has 1 aromatic carbocycles. The first-order valence-electron chi connectivity index (χ1n) is 6.48. The first kappa shape index (κ1) is 14.2. The summed E-state index contributed by atoms with van der Waals surface area (Å²) in [6.07, 6.45) is 1.94. The molecule has 0 amide bonds. The first-order valence-corrected chi connectivity index (χ1v) is 7.30. The quantitative estimate of drug-likeness (QED) is 0.880. The summed E-state index contributed by atoms with van der Waals surface area (Å²) < 4.78 is 0. The molecule has 0 radical (unpaired) electrons. The van der Waals surface area contributed by atoms with Gasteiger partial charge in [-0.3, -0.25) is 0 Å². The molecule has 4 heteroatoms. The minimum atomic E-state index is 0.0875. The Bertz CT molecular complexity index is 538. The monoisotopic (exact) mass is 276 g/mol. The van der Waals surface area contributed by atoms with E-state index in [2.05, 4.69) is 30.2 Å². The summed E-state index contributed by atoms with van der Waals surface area (Å²) in [5, 5.41) is 13.8. The molecule has 2 N–H and O–H groups in total. The summed E-state index contributed by atoms with van der Waals surface area (Å²) >= 11 is 1.73. The Labute approximate surface area is 118 Å². The highest BCUT2D eigenvalue weighted by molar-refractivity contribution is 7.11. The first-order chi connectivity index (χ1) is 9.10. The van der Waals surface area contributed by atoms with Gasteiger partial charge in [-0.25, -0.2) is 4.98 Å². The van der Waals surface area contributed by atoms with Crippen molar-refractivity contribution in [3.8, 4) is 0 Å². The summed E-state index contributed by atoms with van der Waals surface area (Å²) in [4.78, 5) is 5.54. The molecule has 0 saturated carbocycles. The number of benzene rings is 1. The van der Waals surface area contributed by atoms with Crippen LogP contribution in [0.4, 0.5) is 0 Å². The van der Waals surface area contributed by atoms with Crippen LogP contribution in [0.5, 0.6) is 0 Å². The molecular formula is C15H20N2OS. The SMILES string of the molecule is Cc1ncc(C(C)NC(C)c2cccc(CO)c2)s1. The maximum absolute atomic E-state index is 9.18. The Balaban J connectivity index is 2.05. The smallest absolute Gasteiger partial charge is 0.0897 e. The topological polar surface area (TPSA) is 45.2 Å². The van der Waals surface area contributed by atoms with E-state index in [1.54, 1.807) is 11.3 Å². The van der Waals surface area contributed by atoms with Crippen LogP contribution in [-0.2, 0) is 6.61 Å². The van der Waals surface area contributed by atoms with E-state index in [-0.39, 0.29) is 18.7 Å². The van der Waals surface area contributed by atoms with Crippen LogP contribution in [-0.4, -0.2) is 10.1 Å². The predicted octanol–water partition coefficient (Wildman–Crippen LogP) is 3.36. The summed E-state index contributed by atoms with van der Waals surface area (Å²) in [5.41, 5.74) is 2.15. The van der Waals surface area contributed by atoms with Gasteiger partial charge in [-0.05, 0) is 31.9 Å². The fourth-order valence-electron chi connectivity index (χ4n) is 2.09. The molecule has 1 heterocycles. The highest BCUT2D eigenvalue weighted by Gasteiger charge is 2.13. The van der Waals surface area contributed by atoms with Crippen molar-refractivity contribution in [3.63, 3.8) is 0 Å². The van der Waals surface area contributed by atoms with Gasteiger partial charge in [0.05, 0.1) is 11.6 Å². The number of aromatic nitrogens is 1. The van der Waals surface area contributed by atoms with E-state index < -0.39 is 0 Å². The number of aliphatic hydroxyl groups is 1. The van der Waals surface area contributed by atoms with E-state index in [1.165, 1.54) is 10.4 Å². The molecule has 2 unspecified atom stereocenters. The van der Waals surface area contributed by atoms with Crippen LogP contribution in [0.1, 0.15) is 46.9 Å². The fraction of sp³-hybridized carbons (Fsp3) is 0.400. The molecule has 102 valence electrons. The summed E-state index contributed by atoms with van der Waals surface area (Å²) in [6.45, 7) is 6.40. The van der Waals surface area contributed by atoms with Crippen LogP contribution in [0.3, 0.4) is 0 Å². The van der Waals surface area contributed by atoms with Gasteiger partial charge in [0.1, 0.15) is 0 Å². The molecule has 2 rings (SSSR count). The van der Waals surface area contributed by atoms with Crippen molar-refractivity contribution in [2.24, 2.45) is 0 Å². The fourth-order valence-corrected chi connectivity index (χ4v) is 2.89. The van der Waals surface area contributed by atoms with Gasteiger partial charge in [-0.1, -0.05) is 24.3 Å². The molecule has 0 bridgehead atoms. The van der Waals surface area contributed by atoms with Crippen LogP contribution in [0, 0.1) is 6.92 Å². The second-order valence-electron chi connectivity index (χ2n) is 4.79. The molecule has 2 atom stereocenters. The number of aliphatic hydroxyl groups excluding tert-OH is 1. The third-order valence-electron chi connectivity index (χ3n) is 3.20. The minimum Gasteiger partial charge on any atom is -0.392 e. The number of nitrogens with zero attached hydrogens (tertiary/aromatic N) is 1. The average molecular weight is 276 g/mol. The molecule has 0 spiro atoms. The van der Waals surface area contributed by atoms with E-state index in [0.717, 1.165) is 10.6 Å². The Kier molecular flexibility index (Phi) is 4.69. The average Bonchev–Trinajstić information content (AvgIpc) is 2.85. The number of aryl methyl sites for hydroxylation is 1. The minimum absolute atomic E-state index is 0.0875. The van der Waals surface area contributed by atoms with E-state index in [4.69, 9.17) is 0 Å². The molecule has 0 saturated heterocycles. The Morgan fingerprint density at radius 1 is 1.32 bits per heavy atom. The van der Waals surface area contributed by atoms with E-state index >= 15 is 0 Å². The van der Waals surface area contributed by atoms with Crippen molar-refractivity contribution in [1.29, 1.82) is 0 Å². The maximum Gasteiger partial charge on any atom is 0.0897 e. The van der Waals surface area contributed by atoms with Gasteiger partial charge in [0.2, 0.25) is 0 Å². The zero-order chi connectivity index (χ0) is 13.8. The Morgan fingerprint density at radius 2 is 2.11 bits per heavy atom. The molecule has 19 heavy (non-hydrogen) atoms. The highest BCUT2D eigenvalue weighted by Crippen LogP contribution is 2.24. The lowest BCUT2D eigenvalue weighted by atomic mass is 10.0. The molecule has 0 aliphatic carbocycles. The van der Waals surface area contributed by atoms with E-state index in [9.17, 15) is 5.11 Å². The Hall–Kier alpha value is -1.23. The maximum atomic E-state index is 9.18. The number of rotatable bonds is 5. The number of hydrogen-bond acceptors (Lipinski definition) is 4. The van der Waals surface area contributed by atoms with Gasteiger partial charge >= 0.3 is 0 Å². The molecule has 3 nitrogen and oxygen atoms in total. The van der Waals surface area contributed by atoms with Crippen LogP contribution >= 0.6 is 11.3 Å². The molecular weight excluding hydrogens is 256 g/mol. The zero-order valence-electron chi connectivity index (χ0n) is 11.6. The molecule has 1 aromatic heterocycles. The van der Waals surface area contributed by atoms with Gasteiger partial charge < -0.3 is 10.4 Å². The second-order valence-corrected chi connectivity index (χ2v) is 6.06. The van der Waals surface area contributed by atoms with Crippen molar-refractivity contribution in [3.05, 3.63) is 51.5 Å². The Morgan fingerprint density at radius 3 is 2.74 bits per heavy atom. The van der Waals surface area contributed by atoms with Crippen LogP contribution < -0.4 is 5.32 Å². The third-order valence-corrected chi connectivity index (χ3v) is 4.30. The lowest BCUT2D eigenvalue weighted by molar-refractivity contribution is 0.281. The third kappa shape index (κ3) is 3.62. The van der Waals surface area contributed by atoms with Gasteiger partial charge in [-0.15, -0.1) is 11.3 Å². The van der Waals surface area contributed by atoms with Crippen molar-refractivity contribution >= 4 is 11.3 Å². The van der Waals surface area contributed by atoms with Crippen molar-refractivity contribution in [2.45, 2.75) is 39.5 Å². The van der Waals surface area contributed by atoms with Gasteiger partial charge in [0.25, 0.3) is 0 Å². The van der Waals surface area contributed by atoms with E-state index in [0.29, 0.717) is 0 Å². The number of hydrogen-bond donors (Lipinski definition) is 2. The van der Waals surface area contributed by atoms with Crippen LogP contribution in [0.15, 0.2) is 30.5 Å². The van der Waals surface area contributed by atoms with Gasteiger partial charge in [-0.2, -0.15) is 0 Å². The normalized spacial score (nSPS) is 14.3. The molecule has 2 aromatic rings. The second kappa shape index (κ2) is 6.28. The summed E-state index contributed by atoms with van der Waals surface area (Å²) in [7, 11) is 0.